The van der Waals surface area contributed by atoms with E-state index < -0.39 is 15.5 Å². The molecule has 22 heavy (non-hydrogen) atoms. The van der Waals surface area contributed by atoms with Crippen LogP contribution in [0.2, 0.25) is 0 Å². The number of aryl methyl sites for hydroxylation is 1. The number of hydrogen-bond donors (Lipinski definition) is 1. The van der Waals surface area contributed by atoms with E-state index in [9.17, 15) is 20.2 Å². The number of thiophene rings is 1. The first-order chi connectivity index (χ1) is 10.5. The molecular weight excluding hydrogens is 308 g/mol. The Bertz CT molecular complexity index is 741. The Hall–Kier alpha value is -2.81. The van der Waals surface area contributed by atoms with E-state index in [-0.39, 0.29) is 11.4 Å². The third-order valence-corrected chi connectivity index (χ3v) is 3.91. The van der Waals surface area contributed by atoms with Crippen LogP contribution in [0.3, 0.4) is 0 Å². The van der Waals surface area contributed by atoms with Crippen LogP contribution in [-0.4, -0.2) is 16.1 Å². The fourth-order valence-electron chi connectivity index (χ4n) is 1.71. The zero-order chi connectivity index (χ0) is 16.1. The molecule has 0 saturated heterocycles. The summed E-state index contributed by atoms with van der Waals surface area (Å²) in [5, 5.41) is 27.5. The minimum absolute atomic E-state index is 0.0952. The maximum Gasteiger partial charge on any atom is 0.301 e. The maximum atomic E-state index is 11.0. The molecule has 0 aliphatic heterocycles. The Morgan fingerprint density at radius 1 is 1.27 bits per heavy atom. The summed E-state index contributed by atoms with van der Waals surface area (Å²) in [5.41, 5.74) is 2.79. The Balaban J connectivity index is 2.18. The molecule has 0 radical (unpaired) electrons. The van der Waals surface area contributed by atoms with Crippen LogP contribution in [0.1, 0.15) is 17.4 Å². The Morgan fingerprint density at radius 3 is 2.64 bits per heavy atom. The van der Waals surface area contributed by atoms with E-state index in [2.05, 4.69) is 10.5 Å². The first kappa shape index (κ1) is 15.6. The highest BCUT2D eigenvalue weighted by Crippen LogP contribution is 2.28. The molecule has 8 nitrogen and oxygen atoms in total. The van der Waals surface area contributed by atoms with E-state index in [0.29, 0.717) is 0 Å². The van der Waals surface area contributed by atoms with Gasteiger partial charge in [0.05, 0.1) is 22.1 Å². The van der Waals surface area contributed by atoms with Crippen LogP contribution in [-0.2, 0) is 6.42 Å². The highest BCUT2D eigenvalue weighted by atomic mass is 32.1. The van der Waals surface area contributed by atoms with Gasteiger partial charge in [-0.2, -0.15) is 5.10 Å². The van der Waals surface area contributed by atoms with Crippen molar-refractivity contribution in [2.45, 2.75) is 13.3 Å². The van der Waals surface area contributed by atoms with Gasteiger partial charge in [-0.25, -0.2) is 0 Å². The number of benzene rings is 1. The Morgan fingerprint density at radius 2 is 2.05 bits per heavy atom. The second kappa shape index (κ2) is 6.76. The fourth-order valence-corrected chi connectivity index (χ4v) is 2.49. The van der Waals surface area contributed by atoms with E-state index in [4.69, 9.17) is 0 Å². The highest BCUT2D eigenvalue weighted by Gasteiger charge is 2.18. The molecule has 1 N–H and O–H groups in total. The van der Waals surface area contributed by atoms with Gasteiger partial charge in [0.1, 0.15) is 5.69 Å². The molecule has 0 unspecified atom stereocenters. The van der Waals surface area contributed by atoms with Crippen LogP contribution in [0.5, 0.6) is 0 Å². The number of hydrazone groups is 1. The average molecular weight is 320 g/mol. The van der Waals surface area contributed by atoms with E-state index in [1.54, 1.807) is 17.6 Å². The standard InChI is InChI=1S/C13H12N4O4S/c1-2-11-5-9(8-22-11)7-14-15-12-4-3-10(16(18)19)6-13(12)17(20)21/h3-8,15H,2H2,1H3/b14-7-. The summed E-state index contributed by atoms with van der Waals surface area (Å²) < 4.78 is 0. The van der Waals surface area contributed by atoms with Gasteiger partial charge < -0.3 is 0 Å². The summed E-state index contributed by atoms with van der Waals surface area (Å²) in [4.78, 5) is 21.5. The molecule has 0 aliphatic carbocycles. The fraction of sp³-hybridized carbons (Fsp3) is 0.154. The van der Waals surface area contributed by atoms with Crippen LogP contribution in [0.4, 0.5) is 17.1 Å². The quantitative estimate of drug-likeness (QED) is 0.497. The maximum absolute atomic E-state index is 11.0. The summed E-state index contributed by atoms with van der Waals surface area (Å²) >= 11 is 1.61. The third kappa shape index (κ3) is 3.64. The van der Waals surface area contributed by atoms with Crippen LogP contribution >= 0.6 is 11.3 Å². The molecular formula is C13H12N4O4S. The van der Waals surface area contributed by atoms with Gasteiger partial charge >= 0.3 is 5.69 Å². The first-order valence-electron chi connectivity index (χ1n) is 6.30. The van der Waals surface area contributed by atoms with Gasteiger partial charge in [-0.3, -0.25) is 25.7 Å². The van der Waals surface area contributed by atoms with Gasteiger partial charge in [-0.05, 0) is 23.9 Å². The van der Waals surface area contributed by atoms with Gasteiger partial charge in [-0.15, -0.1) is 11.3 Å². The van der Waals surface area contributed by atoms with E-state index in [0.717, 1.165) is 18.1 Å². The predicted molar refractivity (Wildman–Crippen MR) is 84.7 cm³/mol. The van der Waals surface area contributed by atoms with Gasteiger partial charge in [-0.1, -0.05) is 6.92 Å². The second-order valence-corrected chi connectivity index (χ2v) is 5.28. The minimum Gasteiger partial charge on any atom is -0.272 e. The molecule has 9 heteroatoms. The summed E-state index contributed by atoms with van der Waals surface area (Å²) in [6.45, 7) is 2.05. The highest BCUT2D eigenvalue weighted by molar-refractivity contribution is 7.10. The number of nitro benzene ring substituents is 2. The Kier molecular flexibility index (Phi) is 4.79. The molecule has 1 heterocycles. The van der Waals surface area contributed by atoms with Crippen molar-refractivity contribution >= 4 is 34.6 Å². The SMILES string of the molecule is CCc1cc(/C=N\Nc2ccc([N+](=O)[O-])cc2[N+](=O)[O-])cs1. The largest absolute Gasteiger partial charge is 0.301 e. The molecule has 0 aliphatic rings. The van der Waals surface area contributed by atoms with Gasteiger partial charge in [0, 0.05) is 16.5 Å². The van der Waals surface area contributed by atoms with Crippen molar-refractivity contribution in [3.63, 3.8) is 0 Å². The monoisotopic (exact) mass is 320 g/mol. The molecule has 0 saturated carbocycles. The van der Waals surface area contributed by atoms with Crippen LogP contribution in [0.25, 0.3) is 0 Å². The number of non-ortho nitro benzene ring substituents is 1. The summed E-state index contributed by atoms with van der Waals surface area (Å²) in [6, 6.07) is 5.32. The molecule has 1 aromatic carbocycles. The van der Waals surface area contributed by atoms with Crippen LogP contribution in [0, 0.1) is 20.2 Å². The molecule has 0 atom stereocenters. The second-order valence-electron chi connectivity index (χ2n) is 4.29. The van der Waals surface area contributed by atoms with Crippen molar-refractivity contribution < 1.29 is 9.85 Å². The van der Waals surface area contributed by atoms with E-state index in [1.807, 2.05) is 18.4 Å². The van der Waals surface area contributed by atoms with E-state index >= 15 is 0 Å². The average Bonchev–Trinajstić information content (AvgIpc) is 2.95. The lowest BCUT2D eigenvalue weighted by molar-refractivity contribution is -0.393. The summed E-state index contributed by atoms with van der Waals surface area (Å²) in [6.07, 6.45) is 2.47. The van der Waals surface area contributed by atoms with Crippen LogP contribution < -0.4 is 5.43 Å². The molecule has 2 aromatic rings. The smallest absolute Gasteiger partial charge is 0.272 e. The summed E-state index contributed by atoms with van der Waals surface area (Å²) in [7, 11) is 0. The number of nitrogens with zero attached hydrogens (tertiary/aromatic N) is 3. The number of rotatable bonds is 6. The van der Waals surface area contributed by atoms with Crippen molar-refractivity contribution in [1.29, 1.82) is 0 Å². The molecule has 2 rings (SSSR count). The molecule has 1 aromatic heterocycles. The van der Waals surface area contributed by atoms with Gasteiger partial charge in [0.15, 0.2) is 0 Å². The van der Waals surface area contributed by atoms with Crippen molar-refractivity contribution in [1.82, 2.24) is 0 Å². The Labute approximate surface area is 129 Å². The first-order valence-corrected chi connectivity index (χ1v) is 7.18. The number of nitrogens with one attached hydrogen (secondary N) is 1. The zero-order valence-electron chi connectivity index (χ0n) is 11.6. The lowest BCUT2D eigenvalue weighted by Crippen LogP contribution is -1.98. The molecule has 0 spiro atoms. The topological polar surface area (TPSA) is 111 Å². The number of nitro groups is 2. The lowest BCUT2D eigenvalue weighted by Gasteiger charge is -2.01. The van der Waals surface area contributed by atoms with Gasteiger partial charge in [0.25, 0.3) is 5.69 Å². The number of anilines is 1. The van der Waals surface area contributed by atoms with Crippen LogP contribution in [0.15, 0.2) is 34.7 Å². The minimum atomic E-state index is -0.690. The molecule has 0 bridgehead atoms. The zero-order valence-corrected chi connectivity index (χ0v) is 12.4. The van der Waals surface area contributed by atoms with Gasteiger partial charge in [0.2, 0.25) is 0 Å². The van der Waals surface area contributed by atoms with Crippen molar-refractivity contribution in [2.75, 3.05) is 5.43 Å². The summed E-state index contributed by atoms with van der Waals surface area (Å²) in [5.74, 6) is 0. The predicted octanol–water partition coefficient (Wildman–Crippen LogP) is 3.57. The molecule has 114 valence electrons. The van der Waals surface area contributed by atoms with Crippen molar-refractivity contribution in [3.8, 4) is 0 Å². The molecule has 0 amide bonds. The van der Waals surface area contributed by atoms with Crippen molar-refractivity contribution in [3.05, 3.63) is 60.3 Å². The molecule has 0 fully saturated rings. The van der Waals surface area contributed by atoms with Crippen molar-refractivity contribution in [2.24, 2.45) is 5.10 Å². The normalized spacial score (nSPS) is 10.8. The van der Waals surface area contributed by atoms with E-state index in [1.165, 1.54) is 17.0 Å². The number of hydrogen-bond acceptors (Lipinski definition) is 7. The lowest BCUT2D eigenvalue weighted by atomic mass is 10.2. The third-order valence-electron chi connectivity index (χ3n) is 2.81.